The van der Waals surface area contributed by atoms with E-state index in [0.717, 1.165) is 0 Å². The molecular formula is C12H13ClN4O5. The summed E-state index contributed by atoms with van der Waals surface area (Å²) in [5.74, 6) is 0.377. The number of nitro benzene ring substituents is 1. The topological polar surface area (TPSA) is 113 Å². The lowest BCUT2D eigenvalue weighted by molar-refractivity contribution is -0.384. The summed E-state index contributed by atoms with van der Waals surface area (Å²) in [6, 6.07) is 4.24. The quantitative estimate of drug-likeness (QED) is 0.447. The number of ether oxygens (including phenoxy) is 2. The van der Waals surface area contributed by atoms with Gasteiger partial charge in [-0.1, -0.05) is 11.6 Å². The minimum atomic E-state index is -0.497. The fourth-order valence-electron chi connectivity index (χ4n) is 1.61. The zero-order valence-electron chi connectivity index (χ0n) is 11.6. The number of non-ortho nitro benzene ring substituents is 1. The van der Waals surface area contributed by atoms with Crippen LogP contribution in [0.5, 0.6) is 11.8 Å². The molecule has 0 fully saturated rings. The van der Waals surface area contributed by atoms with Crippen molar-refractivity contribution < 1.29 is 19.0 Å². The number of anilines is 1. The lowest BCUT2D eigenvalue weighted by Gasteiger charge is -2.08. The van der Waals surface area contributed by atoms with Gasteiger partial charge >= 0.3 is 11.8 Å². The van der Waals surface area contributed by atoms with Gasteiger partial charge in [0.1, 0.15) is 0 Å². The molecule has 0 aliphatic carbocycles. The van der Waals surface area contributed by atoms with E-state index in [0.29, 0.717) is 25.3 Å². The van der Waals surface area contributed by atoms with E-state index < -0.39 is 4.92 Å². The first-order valence-corrected chi connectivity index (χ1v) is 6.66. The molecule has 0 aliphatic heterocycles. The van der Waals surface area contributed by atoms with Crippen molar-refractivity contribution in [3.05, 3.63) is 33.3 Å². The van der Waals surface area contributed by atoms with Gasteiger partial charge in [0.25, 0.3) is 5.69 Å². The van der Waals surface area contributed by atoms with Gasteiger partial charge in [-0.25, -0.2) is 4.63 Å². The molecule has 0 amide bonds. The molecule has 2 rings (SSSR count). The molecule has 0 radical (unpaired) electrons. The van der Waals surface area contributed by atoms with Gasteiger partial charge in [-0.3, -0.25) is 10.1 Å². The van der Waals surface area contributed by atoms with Gasteiger partial charge in [0.05, 0.1) is 29.4 Å². The molecule has 0 saturated heterocycles. The van der Waals surface area contributed by atoms with Crippen LogP contribution in [0, 0.1) is 10.1 Å². The van der Waals surface area contributed by atoms with Crippen LogP contribution in [0.1, 0.15) is 6.42 Å². The Bertz CT molecular complexity index is 648. The van der Waals surface area contributed by atoms with Crippen LogP contribution in [-0.4, -0.2) is 35.5 Å². The number of aromatic nitrogens is 2. The number of rotatable bonds is 8. The zero-order chi connectivity index (χ0) is 15.9. The second-order valence-electron chi connectivity index (χ2n) is 4.13. The highest BCUT2D eigenvalue weighted by Gasteiger charge is 2.11. The Labute approximate surface area is 130 Å². The summed E-state index contributed by atoms with van der Waals surface area (Å²) in [7, 11) is 1.44. The second kappa shape index (κ2) is 7.46. The largest absolute Gasteiger partial charge is 0.475 e. The predicted molar refractivity (Wildman–Crippen MR) is 77.6 cm³/mol. The Morgan fingerprint density at radius 2 is 2.18 bits per heavy atom. The average molecular weight is 329 g/mol. The van der Waals surface area contributed by atoms with Crippen molar-refractivity contribution in [3.8, 4) is 11.8 Å². The standard InChI is InChI=1S/C12H13ClN4O5/c1-20-11-12(16-22-15-11)21-6-2-5-14-10-4-3-8(17(18)19)7-9(10)13/h3-4,7,14H,2,5-6H2,1H3. The molecule has 0 atom stereocenters. The molecule has 10 heteroatoms. The molecule has 1 aromatic carbocycles. The normalized spacial score (nSPS) is 10.3. The summed E-state index contributed by atoms with van der Waals surface area (Å²) in [6.45, 7) is 0.924. The van der Waals surface area contributed by atoms with Crippen molar-refractivity contribution in [1.29, 1.82) is 0 Å². The maximum absolute atomic E-state index is 10.6. The van der Waals surface area contributed by atoms with Crippen LogP contribution in [0.3, 0.4) is 0 Å². The van der Waals surface area contributed by atoms with Crippen molar-refractivity contribution in [1.82, 2.24) is 10.3 Å². The Kier molecular flexibility index (Phi) is 5.37. The SMILES string of the molecule is COc1nonc1OCCCNc1ccc([N+](=O)[O-])cc1Cl. The maximum atomic E-state index is 10.6. The monoisotopic (exact) mass is 328 g/mol. The summed E-state index contributed by atoms with van der Waals surface area (Å²) in [5, 5.41) is 21.0. The Morgan fingerprint density at radius 1 is 1.41 bits per heavy atom. The Hall–Kier alpha value is -2.55. The number of nitro groups is 1. The van der Waals surface area contributed by atoms with E-state index in [1.807, 2.05) is 0 Å². The minimum absolute atomic E-state index is 0.0514. The van der Waals surface area contributed by atoms with Gasteiger partial charge < -0.3 is 14.8 Å². The summed E-state index contributed by atoms with van der Waals surface area (Å²) in [4.78, 5) is 10.1. The van der Waals surface area contributed by atoms with Crippen LogP contribution in [0.4, 0.5) is 11.4 Å². The first kappa shape index (κ1) is 15.8. The van der Waals surface area contributed by atoms with E-state index in [9.17, 15) is 10.1 Å². The minimum Gasteiger partial charge on any atom is -0.475 e. The van der Waals surface area contributed by atoms with Crippen LogP contribution >= 0.6 is 11.6 Å². The molecule has 22 heavy (non-hydrogen) atoms. The molecule has 1 heterocycles. The highest BCUT2D eigenvalue weighted by Crippen LogP contribution is 2.26. The van der Waals surface area contributed by atoms with E-state index in [-0.39, 0.29) is 22.5 Å². The second-order valence-corrected chi connectivity index (χ2v) is 4.54. The first-order valence-electron chi connectivity index (χ1n) is 6.29. The molecular weight excluding hydrogens is 316 g/mol. The van der Waals surface area contributed by atoms with Crippen molar-refractivity contribution in [2.45, 2.75) is 6.42 Å². The molecule has 0 bridgehead atoms. The fourth-order valence-corrected chi connectivity index (χ4v) is 1.85. The molecule has 1 aromatic heterocycles. The number of halogens is 1. The van der Waals surface area contributed by atoms with Gasteiger partial charge in [-0.05, 0) is 22.8 Å². The smallest absolute Gasteiger partial charge is 0.320 e. The molecule has 9 nitrogen and oxygen atoms in total. The number of nitrogens with one attached hydrogen (secondary N) is 1. The highest BCUT2D eigenvalue weighted by molar-refractivity contribution is 6.33. The Balaban J connectivity index is 1.76. The number of methoxy groups -OCH3 is 1. The summed E-state index contributed by atoms with van der Waals surface area (Å²) in [6.07, 6.45) is 0.642. The van der Waals surface area contributed by atoms with E-state index >= 15 is 0 Å². The van der Waals surface area contributed by atoms with Crippen LogP contribution in [0.25, 0.3) is 0 Å². The van der Waals surface area contributed by atoms with Crippen molar-refractivity contribution in [2.75, 3.05) is 25.6 Å². The average Bonchev–Trinajstić information content (AvgIpc) is 2.95. The Morgan fingerprint density at radius 3 is 2.86 bits per heavy atom. The zero-order valence-corrected chi connectivity index (χ0v) is 12.4. The van der Waals surface area contributed by atoms with E-state index in [2.05, 4.69) is 20.3 Å². The van der Waals surface area contributed by atoms with Crippen LogP contribution < -0.4 is 14.8 Å². The summed E-state index contributed by atoms with van der Waals surface area (Å²) >= 11 is 5.96. The van der Waals surface area contributed by atoms with Crippen molar-refractivity contribution >= 4 is 23.0 Å². The van der Waals surface area contributed by atoms with Gasteiger partial charge in [0.15, 0.2) is 0 Å². The van der Waals surface area contributed by atoms with Gasteiger partial charge in [0, 0.05) is 18.7 Å². The van der Waals surface area contributed by atoms with E-state index in [1.54, 1.807) is 6.07 Å². The summed E-state index contributed by atoms with van der Waals surface area (Å²) in [5.41, 5.74) is 0.567. The van der Waals surface area contributed by atoms with Gasteiger partial charge in [0.2, 0.25) is 0 Å². The lowest BCUT2D eigenvalue weighted by atomic mass is 10.2. The fraction of sp³-hybridized carbons (Fsp3) is 0.333. The number of hydrogen-bond donors (Lipinski definition) is 1. The first-order chi connectivity index (χ1) is 10.6. The predicted octanol–water partition coefficient (Wildman–Crippen LogP) is 2.52. The van der Waals surface area contributed by atoms with Gasteiger partial charge in [-0.2, -0.15) is 0 Å². The molecule has 0 aliphatic rings. The molecule has 0 spiro atoms. The molecule has 1 N–H and O–H groups in total. The number of nitrogens with zero attached hydrogens (tertiary/aromatic N) is 3. The lowest BCUT2D eigenvalue weighted by Crippen LogP contribution is -2.08. The van der Waals surface area contributed by atoms with Crippen LogP contribution in [-0.2, 0) is 0 Å². The van der Waals surface area contributed by atoms with E-state index in [1.165, 1.54) is 19.2 Å². The summed E-state index contributed by atoms with van der Waals surface area (Å²) < 4.78 is 14.7. The van der Waals surface area contributed by atoms with Gasteiger partial charge in [-0.15, -0.1) is 0 Å². The van der Waals surface area contributed by atoms with Crippen LogP contribution in [0.15, 0.2) is 22.8 Å². The third kappa shape index (κ3) is 3.98. The molecule has 2 aromatic rings. The highest BCUT2D eigenvalue weighted by atomic mass is 35.5. The number of hydrogen-bond acceptors (Lipinski definition) is 8. The molecule has 0 saturated carbocycles. The molecule has 0 unspecified atom stereocenters. The maximum Gasteiger partial charge on any atom is 0.320 e. The van der Waals surface area contributed by atoms with Crippen LogP contribution in [0.2, 0.25) is 5.02 Å². The van der Waals surface area contributed by atoms with Crippen molar-refractivity contribution in [3.63, 3.8) is 0 Å². The van der Waals surface area contributed by atoms with E-state index in [4.69, 9.17) is 21.1 Å². The van der Waals surface area contributed by atoms with Crippen molar-refractivity contribution in [2.24, 2.45) is 0 Å². The number of benzene rings is 1. The molecule has 118 valence electrons. The third-order valence-electron chi connectivity index (χ3n) is 2.66. The third-order valence-corrected chi connectivity index (χ3v) is 2.98.